The Bertz CT molecular complexity index is 1210. The van der Waals surface area contributed by atoms with Crippen LogP contribution < -0.4 is 4.74 Å². The SMILES string of the molecule is CCCCCCCCC[C@@H]1Cc2cc(OC(=O)CCOCCOCCOCCOCCOC)ccc2[C@H]2CC[C@]3(C)[C@@H](OP(=O)(O)O)CC[C@H]3[C@H]12. The summed E-state index contributed by atoms with van der Waals surface area (Å²) in [4.78, 5) is 32.1. The van der Waals surface area contributed by atoms with Crippen LogP contribution in [0.25, 0.3) is 0 Å². The van der Waals surface area contributed by atoms with Crippen LogP contribution in [0, 0.1) is 23.2 Å². The summed E-state index contributed by atoms with van der Waals surface area (Å²) >= 11 is 0. The second-order valence-corrected chi connectivity index (χ2v) is 16.1. The van der Waals surface area contributed by atoms with Gasteiger partial charge in [0.2, 0.25) is 0 Å². The number of carbonyl (C=O) groups is 1. The van der Waals surface area contributed by atoms with Gasteiger partial charge in [0.05, 0.1) is 72.0 Å². The third-order valence-corrected chi connectivity index (χ3v) is 12.0. The summed E-state index contributed by atoms with van der Waals surface area (Å²) in [7, 11) is -2.92. The zero-order valence-corrected chi connectivity index (χ0v) is 32.3. The lowest BCUT2D eigenvalue weighted by molar-refractivity contribution is -0.135. The van der Waals surface area contributed by atoms with E-state index in [0.717, 1.165) is 32.1 Å². The van der Waals surface area contributed by atoms with Crippen molar-refractivity contribution >= 4 is 13.8 Å². The molecule has 0 saturated heterocycles. The first-order chi connectivity index (χ1) is 24.7. The number of carbonyl (C=O) groups excluding carboxylic acids is 1. The van der Waals surface area contributed by atoms with E-state index in [0.29, 0.717) is 88.7 Å². The van der Waals surface area contributed by atoms with Crippen molar-refractivity contribution in [3.63, 3.8) is 0 Å². The molecule has 1 aromatic carbocycles. The molecular formula is C39H65O11P. The minimum atomic E-state index is -4.56. The van der Waals surface area contributed by atoms with Crippen LogP contribution >= 0.6 is 7.82 Å². The van der Waals surface area contributed by atoms with Crippen molar-refractivity contribution in [1.82, 2.24) is 0 Å². The summed E-state index contributed by atoms with van der Waals surface area (Å²) in [6.07, 6.45) is 14.2. The van der Waals surface area contributed by atoms with Crippen LogP contribution in [0.5, 0.6) is 5.75 Å². The summed E-state index contributed by atoms with van der Waals surface area (Å²) in [6.45, 7) is 8.65. The Kier molecular flexibility index (Phi) is 18.3. The van der Waals surface area contributed by atoms with Crippen molar-refractivity contribution < 1.29 is 52.1 Å². The molecule has 1 aromatic rings. The minimum absolute atomic E-state index is 0.160. The van der Waals surface area contributed by atoms with Gasteiger partial charge in [0, 0.05) is 7.11 Å². The fraction of sp³-hybridized carbons (Fsp3) is 0.821. The minimum Gasteiger partial charge on any atom is -0.426 e. The molecular weight excluding hydrogens is 675 g/mol. The average Bonchev–Trinajstić information content (AvgIpc) is 3.41. The first-order valence-electron chi connectivity index (χ1n) is 19.5. The van der Waals surface area contributed by atoms with E-state index in [2.05, 4.69) is 26.0 Å². The Labute approximate surface area is 306 Å². The summed E-state index contributed by atoms with van der Waals surface area (Å²) in [5.74, 6) is 1.95. The number of phosphoric ester groups is 1. The molecule has 4 rings (SSSR count). The van der Waals surface area contributed by atoms with E-state index in [4.69, 9.17) is 32.9 Å². The highest BCUT2D eigenvalue weighted by Crippen LogP contribution is 2.65. The molecule has 0 spiro atoms. The van der Waals surface area contributed by atoms with Crippen LogP contribution in [0.3, 0.4) is 0 Å². The van der Waals surface area contributed by atoms with Crippen molar-refractivity contribution in [1.29, 1.82) is 0 Å². The van der Waals surface area contributed by atoms with E-state index >= 15 is 0 Å². The lowest BCUT2D eigenvalue weighted by Gasteiger charge is -2.53. The zero-order valence-electron chi connectivity index (χ0n) is 31.4. The molecule has 2 fully saturated rings. The molecule has 0 unspecified atom stereocenters. The monoisotopic (exact) mass is 740 g/mol. The number of unbranched alkanes of at least 4 members (excludes halogenated alkanes) is 6. The Morgan fingerprint density at radius 2 is 1.47 bits per heavy atom. The molecule has 3 aliphatic rings. The van der Waals surface area contributed by atoms with Gasteiger partial charge in [0.15, 0.2) is 0 Å². The summed E-state index contributed by atoms with van der Waals surface area (Å²) < 4.78 is 49.9. The predicted octanol–water partition coefficient (Wildman–Crippen LogP) is 7.40. The number of hydrogen-bond acceptors (Lipinski definition) is 9. The fourth-order valence-electron chi connectivity index (χ4n) is 9.01. The van der Waals surface area contributed by atoms with Crippen molar-refractivity contribution in [2.24, 2.45) is 23.2 Å². The Hall–Kier alpha value is -1.40. The number of phosphoric acid groups is 1. The highest BCUT2D eigenvalue weighted by atomic mass is 31.2. The molecule has 12 heteroatoms. The van der Waals surface area contributed by atoms with Gasteiger partial charge in [0.1, 0.15) is 5.75 Å². The normalized spacial score (nSPS) is 25.7. The molecule has 0 amide bonds. The molecule has 11 nitrogen and oxygen atoms in total. The number of methoxy groups -OCH3 is 1. The van der Waals surface area contributed by atoms with Gasteiger partial charge in [-0.25, -0.2) is 4.57 Å². The molecule has 0 bridgehead atoms. The average molecular weight is 741 g/mol. The van der Waals surface area contributed by atoms with Gasteiger partial charge in [-0.05, 0) is 90.9 Å². The third-order valence-electron chi connectivity index (χ3n) is 11.5. The Morgan fingerprint density at radius 3 is 2.12 bits per heavy atom. The van der Waals surface area contributed by atoms with E-state index in [1.165, 1.54) is 56.1 Å². The summed E-state index contributed by atoms with van der Waals surface area (Å²) in [5, 5.41) is 0. The second kappa shape index (κ2) is 22.1. The zero-order chi connectivity index (χ0) is 36.5. The van der Waals surface area contributed by atoms with Crippen LogP contribution in [0.15, 0.2) is 18.2 Å². The largest absolute Gasteiger partial charge is 0.469 e. The van der Waals surface area contributed by atoms with Crippen LogP contribution in [-0.4, -0.2) is 88.4 Å². The topological polar surface area (TPSA) is 139 Å². The van der Waals surface area contributed by atoms with Crippen molar-refractivity contribution in [3.05, 3.63) is 29.3 Å². The van der Waals surface area contributed by atoms with E-state index < -0.39 is 13.9 Å². The first kappa shape index (κ1) is 42.3. The highest BCUT2D eigenvalue weighted by molar-refractivity contribution is 7.46. The van der Waals surface area contributed by atoms with E-state index in [9.17, 15) is 19.1 Å². The molecule has 0 aromatic heterocycles. The van der Waals surface area contributed by atoms with Crippen LogP contribution in [0.4, 0.5) is 0 Å². The maximum atomic E-state index is 12.7. The van der Waals surface area contributed by atoms with Gasteiger partial charge in [0.25, 0.3) is 0 Å². The highest BCUT2D eigenvalue weighted by Gasteiger charge is 2.58. The van der Waals surface area contributed by atoms with Crippen molar-refractivity contribution in [3.8, 4) is 5.75 Å². The fourth-order valence-corrected chi connectivity index (χ4v) is 9.69. The van der Waals surface area contributed by atoms with Gasteiger partial charge in [-0.2, -0.15) is 0 Å². The number of benzene rings is 1. The van der Waals surface area contributed by atoms with E-state index in [1.54, 1.807) is 7.11 Å². The van der Waals surface area contributed by atoms with Crippen LogP contribution in [0.2, 0.25) is 0 Å². The molecule has 2 saturated carbocycles. The third kappa shape index (κ3) is 13.4. The van der Waals surface area contributed by atoms with Crippen molar-refractivity contribution in [2.45, 2.75) is 116 Å². The Balaban J connectivity index is 1.26. The lowest BCUT2D eigenvalue weighted by Crippen LogP contribution is -2.47. The second-order valence-electron chi connectivity index (χ2n) is 14.9. The standard InChI is InChI=1S/C39H65O11P/c1-4-5-6-7-8-9-10-11-30-28-31-29-32(49-37(40)17-19-45-22-23-47-26-27-48-25-24-46-21-20-44-3)12-13-33(31)34-16-18-39(2)35(38(30)34)14-15-36(39)50-51(41,42)43/h12-13,29-30,34-36,38H,4-11,14-28H2,1-3H3,(H2,41,42,43)/t30-,34-,35+,36+,38-,39+/m1/s1. The maximum Gasteiger partial charge on any atom is 0.469 e. The number of esters is 1. The molecule has 292 valence electrons. The van der Waals surface area contributed by atoms with Gasteiger partial charge in [-0.15, -0.1) is 0 Å². The van der Waals surface area contributed by atoms with Crippen molar-refractivity contribution in [2.75, 3.05) is 66.6 Å². The number of fused-ring (bicyclic) bond motifs is 5. The van der Waals surface area contributed by atoms with Gasteiger partial charge >= 0.3 is 13.8 Å². The quantitative estimate of drug-likeness (QED) is 0.0425. The molecule has 6 atom stereocenters. The van der Waals surface area contributed by atoms with Crippen LogP contribution in [-0.2, 0) is 44.0 Å². The van der Waals surface area contributed by atoms with Gasteiger partial charge in [-0.3, -0.25) is 9.32 Å². The number of rotatable bonds is 26. The predicted molar refractivity (Wildman–Crippen MR) is 195 cm³/mol. The number of hydrogen-bond donors (Lipinski definition) is 2. The molecule has 2 N–H and O–H groups in total. The summed E-state index contributed by atoms with van der Waals surface area (Å²) in [5.41, 5.74) is 2.38. The maximum absolute atomic E-state index is 12.7. The first-order valence-corrected chi connectivity index (χ1v) is 21.1. The number of ether oxygens (including phenoxy) is 6. The molecule has 51 heavy (non-hydrogen) atoms. The molecule has 3 aliphatic carbocycles. The molecule has 0 radical (unpaired) electrons. The molecule has 0 aliphatic heterocycles. The van der Waals surface area contributed by atoms with E-state index in [-0.39, 0.29) is 24.4 Å². The Morgan fingerprint density at radius 1 is 0.843 bits per heavy atom. The smallest absolute Gasteiger partial charge is 0.426 e. The van der Waals surface area contributed by atoms with Gasteiger partial charge in [-0.1, -0.05) is 64.9 Å². The lowest BCUT2D eigenvalue weighted by atomic mass is 9.52. The summed E-state index contributed by atoms with van der Waals surface area (Å²) in [6, 6.07) is 6.16. The van der Waals surface area contributed by atoms with E-state index in [1.807, 2.05) is 6.07 Å². The van der Waals surface area contributed by atoms with Crippen LogP contribution in [0.1, 0.15) is 114 Å². The van der Waals surface area contributed by atoms with Gasteiger partial charge < -0.3 is 38.2 Å². The molecule has 0 heterocycles.